The first-order chi connectivity index (χ1) is 8.55. The van der Waals surface area contributed by atoms with Crippen molar-refractivity contribution in [3.63, 3.8) is 0 Å². The van der Waals surface area contributed by atoms with Crippen molar-refractivity contribution in [3.05, 3.63) is 16.1 Å². The third-order valence-electron chi connectivity index (χ3n) is 4.00. The number of carboxylic acids is 1. The van der Waals surface area contributed by atoms with Gasteiger partial charge in [0.2, 0.25) is 0 Å². The minimum Gasteiger partial charge on any atom is -0.481 e. The van der Waals surface area contributed by atoms with Crippen LogP contribution >= 0.6 is 11.3 Å². The van der Waals surface area contributed by atoms with Gasteiger partial charge in [-0.15, -0.1) is 11.3 Å². The predicted molar refractivity (Wildman–Crippen MR) is 71.7 cm³/mol. The minimum absolute atomic E-state index is 0.492. The maximum absolute atomic E-state index is 11.3. The summed E-state index contributed by atoms with van der Waals surface area (Å²) in [6, 6.07) is 0. The van der Waals surface area contributed by atoms with Crippen LogP contribution in [0.3, 0.4) is 0 Å². The van der Waals surface area contributed by atoms with Crippen molar-refractivity contribution in [1.29, 1.82) is 0 Å². The van der Waals surface area contributed by atoms with E-state index in [1.807, 2.05) is 13.8 Å². The second-order valence-corrected chi connectivity index (χ2v) is 6.14. The van der Waals surface area contributed by atoms with Gasteiger partial charge < -0.3 is 5.11 Å². The number of carbonyl (C=O) groups is 1. The van der Waals surface area contributed by atoms with Crippen LogP contribution in [0.1, 0.15) is 36.9 Å². The number of thiazole rings is 1. The predicted octanol–water partition coefficient (Wildman–Crippen LogP) is 2.53. The summed E-state index contributed by atoms with van der Waals surface area (Å²) in [5.41, 5.74) is 0.617. The van der Waals surface area contributed by atoms with Crippen molar-refractivity contribution in [2.24, 2.45) is 5.41 Å². The molecule has 2 heterocycles. The standard InChI is InChI=1S/C13H20N2O2S/c1-3-13(12(16)17)4-6-15(7-5-13)8-11-9-18-10(2)14-11/h9H,3-8H2,1-2H3,(H,16,17). The van der Waals surface area contributed by atoms with Crippen molar-refractivity contribution < 1.29 is 9.90 Å². The van der Waals surface area contributed by atoms with Gasteiger partial charge in [0.25, 0.3) is 0 Å². The molecule has 1 saturated heterocycles. The second-order valence-electron chi connectivity index (χ2n) is 5.07. The third-order valence-corrected chi connectivity index (χ3v) is 4.82. The highest BCUT2D eigenvalue weighted by Crippen LogP contribution is 2.35. The Morgan fingerprint density at radius 2 is 2.22 bits per heavy atom. The van der Waals surface area contributed by atoms with Crippen LogP contribution in [0, 0.1) is 12.3 Å². The Morgan fingerprint density at radius 1 is 1.56 bits per heavy atom. The molecule has 5 heteroatoms. The third kappa shape index (κ3) is 2.72. The number of nitrogens with zero attached hydrogens (tertiary/aromatic N) is 2. The van der Waals surface area contributed by atoms with Gasteiger partial charge in [0, 0.05) is 11.9 Å². The lowest BCUT2D eigenvalue weighted by Gasteiger charge is -2.38. The molecule has 0 unspecified atom stereocenters. The average Bonchev–Trinajstić information content (AvgIpc) is 2.76. The topological polar surface area (TPSA) is 53.4 Å². The first kappa shape index (κ1) is 13.5. The highest BCUT2D eigenvalue weighted by molar-refractivity contribution is 7.09. The molecule has 100 valence electrons. The molecule has 1 aromatic rings. The van der Waals surface area contributed by atoms with Crippen molar-refractivity contribution >= 4 is 17.3 Å². The first-order valence-corrected chi connectivity index (χ1v) is 7.30. The maximum Gasteiger partial charge on any atom is 0.309 e. The molecule has 0 atom stereocenters. The van der Waals surface area contributed by atoms with E-state index in [4.69, 9.17) is 0 Å². The molecule has 0 aliphatic carbocycles. The van der Waals surface area contributed by atoms with Crippen molar-refractivity contribution in [3.8, 4) is 0 Å². The molecule has 0 spiro atoms. The van der Waals surface area contributed by atoms with Gasteiger partial charge in [0.1, 0.15) is 0 Å². The number of hydrogen-bond acceptors (Lipinski definition) is 4. The van der Waals surface area contributed by atoms with Crippen LogP contribution in [0.25, 0.3) is 0 Å². The molecular weight excluding hydrogens is 248 g/mol. The zero-order valence-electron chi connectivity index (χ0n) is 11.0. The average molecular weight is 268 g/mol. The molecule has 0 bridgehead atoms. The fraction of sp³-hybridized carbons (Fsp3) is 0.692. The van der Waals surface area contributed by atoms with E-state index in [9.17, 15) is 9.90 Å². The number of likely N-dealkylation sites (tertiary alicyclic amines) is 1. The van der Waals surface area contributed by atoms with Gasteiger partial charge in [-0.2, -0.15) is 0 Å². The molecular formula is C13H20N2O2S. The summed E-state index contributed by atoms with van der Waals surface area (Å²) in [5, 5.41) is 12.5. The van der Waals surface area contributed by atoms with Gasteiger partial charge in [0.05, 0.1) is 16.1 Å². The van der Waals surface area contributed by atoms with Gasteiger partial charge in [-0.1, -0.05) is 6.92 Å². The number of aryl methyl sites for hydroxylation is 1. The van der Waals surface area contributed by atoms with Crippen molar-refractivity contribution in [2.45, 2.75) is 39.7 Å². The number of carboxylic acid groups (broad SMARTS) is 1. The van der Waals surface area contributed by atoms with E-state index in [1.54, 1.807) is 11.3 Å². The lowest BCUT2D eigenvalue weighted by molar-refractivity contribution is -0.152. The Balaban J connectivity index is 1.92. The second kappa shape index (κ2) is 5.36. The smallest absolute Gasteiger partial charge is 0.309 e. The highest BCUT2D eigenvalue weighted by Gasteiger charge is 2.39. The van der Waals surface area contributed by atoms with Gasteiger partial charge >= 0.3 is 5.97 Å². The van der Waals surface area contributed by atoms with Crippen LogP contribution in [0.15, 0.2) is 5.38 Å². The Hall–Kier alpha value is -0.940. The summed E-state index contributed by atoms with van der Waals surface area (Å²) in [7, 11) is 0. The number of rotatable bonds is 4. The first-order valence-electron chi connectivity index (χ1n) is 6.42. The van der Waals surface area contributed by atoms with Gasteiger partial charge in [0.15, 0.2) is 0 Å². The largest absolute Gasteiger partial charge is 0.481 e. The molecule has 1 fully saturated rings. The molecule has 0 aromatic carbocycles. The Morgan fingerprint density at radius 3 is 2.67 bits per heavy atom. The lowest BCUT2D eigenvalue weighted by atomic mass is 9.76. The summed E-state index contributed by atoms with van der Waals surface area (Å²) in [5.74, 6) is -0.630. The van der Waals surface area contributed by atoms with Crippen LogP contribution in [0.5, 0.6) is 0 Å². The quantitative estimate of drug-likeness (QED) is 0.911. The van der Waals surface area contributed by atoms with Gasteiger partial charge in [-0.25, -0.2) is 4.98 Å². The molecule has 2 rings (SSSR count). The molecule has 1 aliphatic heterocycles. The van der Waals surface area contributed by atoms with E-state index in [0.29, 0.717) is 0 Å². The zero-order chi connectivity index (χ0) is 13.2. The van der Waals surface area contributed by atoms with Gasteiger partial charge in [-0.3, -0.25) is 9.69 Å². The number of aliphatic carboxylic acids is 1. The van der Waals surface area contributed by atoms with Crippen LogP contribution in [-0.4, -0.2) is 34.0 Å². The monoisotopic (exact) mass is 268 g/mol. The maximum atomic E-state index is 11.3. The Kier molecular flexibility index (Phi) is 4.02. The van der Waals surface area contributed by atoms with Crippen molar-refractivity contribution in [2.75, 3.05) is 13.1 Å². The summed E-state index contributed by atoms with van der Waals surface area (Å²) < 4.78 is 0. The molecule has 1 aromatic heterocycles. The Bertz CT molecular complexity index is 422. The van der Waals surface area contributed by atoms with Crippen LogP contribution in [0.2, 0.25) is 0 Å². The Labute approximate surface area is 112 Å². The molecule has 4 nitrogen and oxygen atoms in total. The molecule has 0 saturated carbocycles. The number of hydrogen-bond donors (Lipinski definition) is 1. The number of piperidine rings is 1. The molecule has 1 aliphatic rings. The van der Waals surface area contributed by atoms with E-state index in [1.165, 1.54) is 0 Å². The number of aromatic nitrogens is 1. The summed E-state index contributed by atoms with van der Waals surface area (Å²) in [6.07, 6.45) is 2.23. The zero-order valence-corrected chi connectivity index (χ0v) is 11.8. The summed E-state index contributed by atoms with van der Waals surface area (Å²) >= 11 is 1.67. The van der Waals surface area contributed by atoms with Gasteiger partial charge in [-0.05, 0) is 39.3 Å². The highest BCUT2D eigenvalue weighted by atomic mass is 32.1. The minimum atomic E-state index is -0.630. The summed E-state index contributed by atoms with van der Waals surface area (Å²) in [4.78, 5) is 18.1. The lowest BCUT2D eigenvalue weighted by Crippen LogP contribution is -2.43. The van der Waals surface area contributed by atoms with E-state index in [2.05, 4.69) is 15.3 Å². The molecule has 0 radical (unpaired) electrons. The summed E-state index contributed by atoms with van der Waals surface area (Å²) in [6.45, 7) is 6.56. The van der Waals surface area contributed by atoms with E-state index in [-0.39, 0.29) is 0 Å². The van der Waals surface area contributed by atoms with E-state index < -0.39 is 11.4 Å². The van der Waals surface area contributed by atoms with Crippen LogP contribution < -0.4 is 0 Å². The van der Waals surface area contributed by atoms with Crippen molar-refractivity contribution in [1.82, 2.24) is 9.88 Å². The van der Waals surface area contributed by atoms with E-state index >= 15 is 0 Å². The molecule has 1 N–H and O–H groups in total. The normalized spacial score (nSPS) is 19.9. The van der Waals surface area contributed by atoms with Crippen LogP contribution in [-0.2, 0) is 11.3 Å². The SMILES string of the molecule is CCC1(C(=O)O)CCN(Cc2csc(C)n2)CC1. The molecule has 0 amide bonds. The fourth-order valence-corrected chi connectivity index (χ4v) is 3.17. The van der Waals surface area contributed by atoms with Crippen LogP contribution in [0.4, 0.5) is 0 Å². The molecule has 18 heavy (non-hydrogen) atoms. The van der Waals surface area contributed by atoms with E-state index in [0.717, 1.165) is 49.6 Å². The fourth-order valence-electron chi connectivity index (χ4n) is 2.57.